The van der Waals surface area contributed by atoms with Gasteiger partial charge in [-0.1, -0.05) is 6.08 Å². The zero-order valence-corrected chi connectivity index (χ0v) is 12.6. The minimum Gasteiger partial charge on any atom is -0.351 e. The Morgan fingerprint density at radius 3 is 2.90 bits per heavy atom. The van der Waals surface area contributed by atoms with Gasteiger partial charge < -0.3 is 5.32 Å². The van der Waals surface area contributed by atoms with Crippen molar-refractivity contribution < 1.29 is 17.6 Å². The summed E-state index contributed by atoms with van der Waals surface area (Å²) in [7, 11) is -3.65. The minimum atomic E-state index is -3.65. The van der Waals surface area contributed by atoms with E-state index in [4.69, 9.17) is 0 Å². The predicted octanol–water partition coefficient (Wildman–Crippen LogP) is 1.63. The molecule has 1 N–H and O–H groups in total. The lowest BCUT2D eigenvalue weighted by molar-refractivity contribution is -0.119. The number of halogens is 1. The van der Waals surface area contributed by atoms with E-state index >= 15 is 0 Å². The third-order valence-electron chi connectivity index (χ3n) is 2.81. The molecule has 5 nitrogen and oxygen atoms in total. The Hall–Kier alpha value is -1.25. The van der Waals surface area contributed by atoms with Gasteiger partial charge in [0.1, 0.15) is 10.0 Å². The second-order valence-electron chi connectivity index (χ2n) is 4.41. The first-order chi connectivity index (χ1) is 9.39. The van der Waals surface area contributed by atoms with Crippen molar-refractivity contribution in [3.05, 3.63) is 28.9 Å². The summed E-state index contributed by atoms with van der Waals surface area (Å²) in [5, 5.41) is 2.61. The van der Waals surface area contributed by atoms with Crippen molar-refractivity contribution in [1.29, 1.82) is 0 Å². The third-order valence-corrected chi connectivity index (χ3v) is 6.21. The van der Waals surface area contributed by atoms with Crippen LogP contribution in [0.2, 0.25) is 0 Å². The average Bonchev–Trinajstić information content (AvgIpc) is 2.86. The lowest BCUT2D eigenvalue weighted by Crippen LogP contribution is -2.34. The van der Waals surface area contributed by atoms with E-state index in [2.05, 4.69) is 5.32 Å². The molecule has 0 radical (unpaired) electrons. The first-order valence-corrected chi connectivity index (χ1v) is 8.33. The Morgan fingerprint density at radius 1 is 1.50 bits per heavy atom. The molecule has 1 aromatic heterocycles. The Labute approximate surface area is 121 Å². The number of hydrogen-bond acceptors (Lipinski definition) is 4. The lowest BCUT2D eigenvalue weighted by Gasteiger charge is -2.22. The molecule has 0 fully saturated rings. The minimum absolute atomic E-state index is 0.174. The fourth-order valence-corrected chi connectivity index (χ4v) is 4.68. The molecule has 2 heterocycles. The van der Waals surface area contributed by atoms with Crippen molar-refractivity contribution in [1.82, 2.24) is 9.62 Å². The van der Waals surface area contributed by atoms with E-state index in [0.717, 1.165) is 20.5 Å². The van der Waals surface area contributed by atoms with Crippen molar-refractivity contribution >= 4 is 27.3 Å². The molecule has 0 saturated heterocycles. The molecule has 0 saturated carbocycles. The number of rotatable bonds is 4. The first-order valence-electron chi connectivity index (χ1n) is 6.07. The van der Waals surface area contributed by atoms with Crippen LogP contribution in [-0.4, -0.2) is 31.7 Å². The number of nitrogens with zero attached hydrogens (tertiary/aromatic N) is 1. The number of hydrogen-bond donors (Lipinski definition) is 1. The fraction of sp³-hybridized carbons (Fsp3) is 0.417. The van der Waals surface area contributed by atoms with Gasteiger partial charge in [-0.3, -0.25) is 4.79 Å². The molecule has 0 unspecified atom stereocenters. The van der Waals surface area contributed by atoms with Gasteiger partial charge in [0.25, 0.3) is 10.0 Å². The highest BCUT2D eigenvalue weighted by Gasteiger charge is 2.28. The summed E-state index contributed by atoms with van der Waals surface area (Å²) in [5.41, 5.74) is 0. The van der Waals surface area contributed by atoms with Crippen LogP contribution in [0.15, 0.2) is 28.2 Å². The van der Waals surface area contributed by atoms with Crippen LogP contribution in [0.4, 0.5) is 4.39 Å². The van der Waals surface area contributed by atoms with Crippen LogP contribution in [0.25, 0.3) is 0 Å². The topological polar surface area (TPSA) is 66.5 Å². The average molecular weight is 318 g/mol. The van der Waals surface area contributed by atoms with Crippen LogP contribution < -0.4 is 5.32 Å². The quantitative estimate of drug-likeness (QED) is 0.917. The fourth-order valence-electron chi connectivity index (χ4n) is 1.81. The summed E-state index contributed by atoms with van der Waals surface area (Å²) in [6.45, 7) is 1.77. The van der Waals surface area contributed by atoms with E-state index in [9.17, 15) is 17.6 Å². The SMILES string of the molecule is CC(=O)NCc1ccc(S(=O)(=O)N2CCC=C(F)C2)s1. The predicted molar refractivity (Wildman–Crippen MR) is 74.4 cm³/mol. The highest BCUT2D eigenvalue weighted by atomic mass is 32.2. The van der Waals surface area contributed by atoms with Gasteiger partial charge in [0.15, 0.2) is 0 Å². The van der Waals surface area contributed by atoms with E-state index in [1.165, 1.54) is 19.1 Å². The van der Waals surface area contributed by atoms with Crippen molar-refractivity contribution in [3.63, 3.8) is 0 Å². The molecule has 1 amide bonds. The maximum atomic E-state index is 13.2. The van der Waals surface area contributed by atoms with Crippen molar-refractivity contribution in [2.24, 2.45) is 0 Å². The largest absolute Gasteiger partial charge is 0.351 e. The second kappa shape index (κ2) is 6.02. The zero-order valence-electron chi connectivity index (χ0n) is 10.9. The van der Waals surface area contributed by atoms with E-state index < -0.39 is 15.9 Å². The number of carbonyl (C=O) groups excluding carboxylic acids is 1. The molecule has 1 aromatic rings. The molecule has 0 spiro atoms. The molecule has 0 atom stereocenters. The maximum Gasteiger partial charge on any atom is 0.252 e. The van der Waals surface area contributed by atoms with Gasteiger partial charge in [-0.05, 0) is 18.6 Å². The summed E-state index contributed by atoms with van der Waals surface area (Å²) in [6.07, 6.45) is 1.79. The summed E-state index contributed by atoms with van der Waals surface area (Å²) >= 11 is 1.09. The summed E-state index contributed by atoms with van der Waals surface area (Å²) in [5.74, 6) is -0.596. The van der Waals surface area contributed by atoms with Gasteiger partial charge in [-0.25, -0.2) is 12.8 Å². The van der Waals surface area contributed by atoms with Crippen molar-refractivity contribution in [2.45, 2.75) is 24.1 Å². The number of thiophene rings is 1. The van der Waals surface area contributed by atoms with E-state index in [0.29, 0.717) is 13.0 Å². The van der Waals surface area contributed by atoms with Gasteiger partial charge >= 0.3 is 0 Å². The van der Waals surface area contributed by atoms with Gasteiger partial charge in [0, 0.05) is 18.3 Å². The molecular weight excluding hydrogens is 303 g/mol. The number of sulfonamides is 1. The Balaban J connectivity index is 2.14. The summed E-state index contributed by atoms with van der Waals surface area (Å²) in [6, 6.07) is 3.15. The van der Waals surface area contributed by atoms with Crippen LogP contribution >= 0.6 is 11.3 Å². The Bertz CT molecular complexity index is 637. The number of carbonyl (C=O) groups is 1. The Kier molecular flexibility index (Phi) is 4.56. The van der Waals surface area contributed by atoms with Gasteiger partial charge in [-0.15, -0.1) is 11.3 Å². The maximum absolute atomic E-state index is 13.2. The van der Waals surface area contributed by atoms with Gasteiger partial charge in [-0.2, -0.15) is 4.31 Å². The lowest BCUT2D eigenvalue weighted by atomic mass is 10.3. The third kappa shape index (κ3) is 3.44. The van der Waals surface area contributed by atoms with E-state index in [-0.39, 0.29) is 23.2 Å². The van der Waals surface area contributed by atoms with Crippen LogP contribution in [0.1, 0.15) is 18.2 Å². The monoisotopic (exact) mass is 318 g/mol. The molecule has 8 heteroatoms. The molecule has 0 bridgehead atoms. The molecule has 1 aliphatic rings. The number of nitrogens with one attached hydrogen (secondary N) is 1. The molecule has 0 aromatic carbocycles. The van der Waals surface area contributed by atoms with Crippen LogP contribution in [0.3, 0.4) is 0 Å². The van der Waals surface area contributed by atoms with E-state index in [1.54, 1.807) is 6.07 Å². The summed E-state index contributed by atoms with van der Waals surface area (Å²) in [4.78, 5) is 11.6. The number of amides is 1. The Morgan fingerprint density at radius 2 is 2.25 bits per heavy atom. The van der Waals surface area contributed by atoms with Crippen LogP contribution in [0, 0.1) is 0 Å². The van der Waals surface area contributed by atoms with Crippen LogP contribution in [-0.2, 0) is 21.4 Å². The highest BCUT2D eigenvalue weighted by molar-refractivity contribution is 7.91. The second-order valence-corrected chi connectivity index (χ2v) is 7.74. The van der Waals surface area contributed by atoms with Crippen molar-refractivity contribution in [3.8, 4) is 0 Å². The smallest absolute Gasteiger partial charge is 0.252 e. The summed E-state index contributed by atoms with van der Waals surface area (Å²) < 4.78 is 39.2. The normalized spacial score (nSPS) is 16.8. The molecular formula is C12H15FN2O3S2. The van der Waals surface area contributed by atoms with Gasteiger partial charge in [0.05, 0.1) is 13.1 Å². The first kappa shape index (κ1) is 15.1. The molecule has 1 aliphatic heterocycles. The van der Waals surface area contributed by atoms with Gasteiger partial charge in [0.2, 0.25) is 5.91 Å². The van der Waals surface area contributed by atoms with Crippen molar-refractivity contribution in [2.75, 3.05) is 13.1 Å². The zero-order chi connectivity index (χ0) is 14.8. The highest BCUT2D eigenvalue weighted by Crippen LogP contribution is 2.27. The molecule has 0 aliphatic carbocycles. The molecule has 20 heavy (non-hydrogen) atoms. The molecule has 110 valence electrons. The standard InChI is InChI=1S/C12H15FN2O3S2/c1-9(16)14-7-11-4-5-12(19-11)20(17,18)15-6-2-3-10(13)8-15/h3-5H,2,6-8H2,1H3,(H,14,16). The van der Waals surface area contributed by atoms with Crippen LogP contribution in [0.5, 0.6) is 0 Å². The molecule has 2 rings (SSSR count). The van der Waals surface area contributed by atoms with E-state index in [1.807, 2.05) is 0 Å².